The standard InChI is InChI=1S/C25H20N4O3/c1-3-4-8-22(30)28-19-7-5-6-18(15-19)21-13-14-26-25-23(27-16-29(21)25)24(31)17-9-11-20(32-2)12-10-17/h1,5-7,9-16H,4,8H2,2H3,(H,28,30). The van der Waals surface area contributed by atoms with Gasteiger partial charge in [-0.05, 0) is 42.5 Å². The summed E-state index contributed by atoms with van der Waals surface area (Å²) in [7, 11) is 1.57. The van der Waals surface area contributed by atoms with E-state index in [-0.39, 0.29) is 23.8 Å². The lowest BCUT2D eigenvalue weighted by molar-refractivity contribution is -0.116. The van der Waals surface area contributed by atoms with Crippen molar-refractivity contribution < 1.29 is 14.3 Å². The third kappa shape index (κ3) is 4.20. The van der Waals surface area contributed by atoms with Crippen LogP contribution >= 0.6 is 0 Å². The van der Waals surface area contributed by atoms with Crippen molar-refractivity contribution in [3.8, 4) is 29.4 Å². The molecule has 2 aromatic carbocycles. The van der Waals surface area contributed by atoms with E-state index >= 15 is 0 Å². The van der Waals surface area contributed by atoms with Crippen LogP contribution in [0.25, 0.3) is 16.9 Å². The van der Waals surface area contributed by atoms with Gasteiger partial charge < -0.3 is 10.1 Å². The van der Waals surface area contributed by atoms with Gasteiger partial charge in [-0.15, -0.1) is 12.3 Å². The zero-order valence-corrected chi connectivity index (χ0v) is 17.4. The first-order valence-corrected chi connectivity index (χ1v) is 9.95. The molecule has 4 rings (SSSR count). The molecule has 0 fully saturated rings. The van der Waals surface area contributed by atoms with Crippen molar-refractivity contribution in [3.63, 3.8) is 0 Å². The highest BCUT2D eigenvalue weighted by Crippen LogP contribution is 2.25. The van der Waals surface area contributed by atoms with Gasteiger partial charge in [-0.3, -0.25) is 14.0 Å². The Morgan fingerprint density at radius 3 is 2.69 bits per heavy atom. The van der Waals surface area contributed by atoms with Gasteiger partial charge in [0.25, 0.3) is 0 Å². The molecule has 4 aromatic rings. The number of hydrogen-bond acceptors (Lipinski definition) is 5. The van der Waals surface area contributed by atoms with E-state index in [0.717, 1.165) is 11.3 Å². The number of anilines is 1. The number of imidazole rings is 1. The average molecular weight is 424 g/mol. The van der Waals surface area contributed by atoms with Crippen LogP contribution in [0.5, 0.6) is 5.75 Å². The van der Waals surface area contributed by atoms with Crippen molar-refractivity contribution in [3.05, 3.63) is 78.4 Å². The van der Waals surface area contributed by atoms with E-state index in [0.29, 0.717) is 29.1 Å². The second-order valence-corrected chi connectivity index (χ2v) is 7.01. The summed E-state index contributed by atoms with van der Waals surface area (Å²) in [6, 6.07) is 16.1. The summed E-state index contributed by atoms with van der Waals surface area (Å²) in [5.41, 5.74) is 3.49. The Morgan fingerprint density at radius 2 is 1.94 bits per heavy atom. The van der Waals surface area contributed by atoms with E-state index < -0.39 is 0 Å². The van der Waals surface area contributed by atoms with Gasteiger partial charge in [0.05, 0.1) is 12.8 Å². The highest BCUT2D eigenvalue weighted by Gasteiger charge is 2.18. The maximum atomic E-state index is 13.0. The van der Waals surface area contributed by atoms with E-state index in [9.17, 15) is 9.59 Å². The molecule has 0 bridgehead atoms. The smallest absolute Gasteiger partial charge is 0.225 e. The second-order valence-electron chi connectivity index (χ2n) is 7.01. The summed E-state index contributed by atoms with van der Waals surface area (Å²) in [4.78, 5) is 33.7. The van der Waals surface area contributed by atoms with Crippen LogP contribution in [0.4, 0.5) is 5.69 Å². The molecule has 0 unspecified atom stereocenters. The van der Waals surface area contributed by atoms with Crippen LogP contribution in [0.3, 0.4) is 0 Å². The van der Waals surface area contributed by atoms with Crippen molar-refractivity contribution in [1.82, 2.24) is 14.4 Å². The Bertz CT molecular complexity index is 1330. The molecule has 0 saturated heterocycles. The molecule has 0 aliphatic carbocycles. The quantitative estimate of drug-likeness (QED) is 0.358. The van der Waals surface area contributed by atoms with Gasteiger partial charge in [0.2, 0.25) is 11.7 Å². The third-order valence-corrected chi connectivity index (χ3v) is 4.94. The van der Waals surface area contributed by atoms with Gasteiger partial charge in [0.15, 0.2) is 11.3 Å². The predicted octanol–water partition coefficient (Wildman–Crippen LogP) is 3.99. The average Bonchev–Trinajstić information content (AvgIpc) is 3.27. The third-order valence-electron chi connectivity index (χ3n) is 4.94. The van der Waals surface area contributed by atoms with Crippen LogP contribution in [0.15, 0.2) is 67.1 Å². The van der Waals surface area contributed by atoms with Gasteiger partial charge in [0, 0.05) is 35.9 Å². The maximum absolute atomic E-state index is 13.0. The number of nitrogens with zero attached hydrogens (tertiary/aromatic N) is 3. The fraction of sp³-hybridized carbons (Fsp3) is 0.120. The summed E-state index contributed by atoms with van der Waals surface area (Å²) in [6.07, 6.45) is 9.08. The molecular formula is C25H20N4O3. The van der Waals surface area contributed by atoms with Crippen LogP contribution in [0, 0.1) is 12.3 Å². The predicted molar refractivity (Wildman–Crippen MR) is 122 cm³/mol. The fourth-order valence-electron chi connectivity index (χ4n) is 3.34. The van der Waals surface area contributed by atoms with E-state index in [1.165, 1.54) is 0 Å². The van der Waals surface area contributed by atoms with Crippen LogP contribution in [-0.4, -0.2) is 33.2 Å². The first kappa shape index (κ1) is 20.8. The number of ether oxygens (including phenoxy) is 1. The Hall–Kier alpha value is -4.44. The van der Waals surface area contributed by atoms with Crippen molar-refractivity contribution >= 4 is 23.0 Å². The molecule has 2 aromatic heterocycles. The number of benzene rings is 2. The molecule has 1 N–H and O–H groups in total. The number of carbonyl (C=O) groups excluding carboxylic acids is 2. The maximum Gasteiger partial charge on any atom is 0.225 e. The molecular weight excluding hydrogens is 404 g/mol. The number of ketones is 1. The number of aromatic nitrogens is 3. The molecule has 0 radical (unpaired) electrons. The minimum atomic E-state index is -0.227. The van der Waals surface area contributed by atoms with Crippen LogP contribution in [-0.2, 0) is 4.79 Å². The Morgan fingerprint density at radius 1 is 1.12 bits per heavy atom. The molecule has 0 atom stereocenters. The van der Waals surface area contributed by atoms with Crippen LogP contribution in [0.2, 0.25) is 0 Å². The molecule has 1 amide bonds. The minimum absolute atomic E-state index is 0.144. The monoisotopic (exact) mass is 424 g/mol. The number of fused-ring (bicyclic) bond motifs is 1. The number of terminal acetylenes is 1. The number of hydrogen-bond donors (Lipinski definition) is 1. The lowest BCUT2D eigenvalue weighted by Crippen LogP contribution is -2.10. The van der Waals surface area contributed by atoms with E-state index in [2.05, 4.69) is 21.2 Å². The molecule has 0 aliphatic rings. The van der Waals surface area contributed by atoms with Crippen LogP contribution < -0.4 is 10.1 Å². The summed E-state index contributed by atoms with van der Waals surface area (Å²) in [6.45, 7) is 0. The summed E-state index contributed by atoms with van der Waals surface area (Å²) in [5.74, 6) is 2.76. The summed E-state index contributed by atoms with van der Waals surface area (Å²) < 4.78 is 6.91. The second kappa shape index (κ2) is 9.14. The Balaban J connectivity index is 1.66. The molecule has 7 nitrogen and oxygen atoms in total. The highest BCUT2D eigenvalue weighted by molar-refractivity contribution is 6.11. The van der Waals surface area contributed by atoms with Crippen LogP contribution in [0.1, 0.15) is 28.9 Å². The van der Waals surface area contributed by atoms with E-state index in [4.69, 9.17) is 11.2 Å². The molecule has 0 saturated carbocycles. The minimum Gasteiger partial charge on any atom is -0.497 e. The van der Waals surface area contributed by atoms with E-state index in [1.807, 2.05) is 30.3 Å². The van der Waals surface area contributed by atoms with Crippen molar-refractivity contribution in [2.75, 3.05) is 12.4 Å². The van der Waals surface area contributed by atoms with Crippen molar-refractivity contribution in [2.45, 2.75) is 12.8 Å². The lowest BCUT2D eigenvalue weighted by atomic mass is 10.1. The molecule has 2 heterocycles. The van der Waals surface area contributed by atoms with Crippen molar-refractivity contribution in [1.29, 1.82) is 0 Å². The number of amides is 1. The summed E-state index contributed by atoms with van der Waals surface area (Å²) in [5, 5.41) is 2.85. The van der Waals surface area contributed by atoms with Gasteiger partial charge in [0.1, 0.15) is 12.1 Å². The number of carbonyl (C=O) groups is 2. The first-order chi connectivity index (χ1) is 15.6. The Kier molecular flexibility index (Phi) is 5.95. The van der Waals surface area contributed by atoms with Gasteiger partial charge in [-0.2, -0.15) is 0 Å². The zero-order chi connectivity index (χ0) is 22.5. The molecule has 0 spiro atoms. The zero-order valence-electron chi connectivity index (χ0n) is 17.4. The lowest BCUT2D eigenvalue weighted by Gasteiger charge is -2.09. The first-order valence-electron chi connectivity index (χ1n) is 9.95. The molecule has 0 aliphatic heterocycles. The van der Waals surface area contributed by atoms with E-state index in [1.54, 1.807) is 48.3 Å². The van der Waals surface area contributed by atoms with Gasteiger partial charge in [-0.25, -0.2) is 9.97 Å². The number of rotatable bonds is 7. The largest absolute Gasteiger partial charge is 0.497 e. The SMILES string of the molecule is C#CCCC(=O)Nc1cccc(-c2ccnc3c(C(=O)c4ccc(OC)cc4)ncn23)c1. The number of nitrogens with one attached hydrogen (secondary N) is 1. The van der Waals surface area contributed by atoms with Gasteiger partial charge in [-0.1, -0.05) is 12.1 Å². The van der Waals surface area contributed by atoms with Gasteiger partial charge >= 0.3 is 0 Å². The molecule has 7 heteroatoms. The molecule has 32 heavy (non-hydrogen) atoms. The number of methoxy groups -OCH3 is 1. The topological polar surface area (TPSA) is 85.6 Å². The fourth-order valence-corrected chi connectivity index (χ4v) is 3.34. The van der Waals surface area contributed by atoms with Crippen molar-refractivity contribution in [2.24, 2.45) is 0 Å². The normalized spacial score (nSPS) is 10.5. The highest BCUT2D eigenvalue weighted by atomic mass is 16.5. The molecule has 158 valence electrons. The Labute approximate surface area is 185 Å². The summed E-state index contributed by atoms with van der Waals surface area (Å²) >= 11 is 0.